The average molecular weight is 428 g/mol. The summed E-state index contributed by atoms with van der Waals surface area (Å²) in [6.45, 7) is 4.33. The number of amides is 1. The number of nitrogens with one attached hydrogen (secondary N) is 2. The molecule has 6 nitrogen and oxygen atoms in total. The number of nitrogens with zero attached hydrogens (tertiary/aromatic N) is 1. The van der Waals surface area contributed by atoms with Crippen molar-refractivity contribution in [1.29, 1.82) is 0 Å². The Morgan fingerprint density at radius 2 is 1.62 bits per heavy atom. The standard InChI is InChI=1S/C26H25N3O3/c1-16(2)17-8-10-18(11-9-17)20-12-13-21-23(14-20)28-29-25(21)27-26(32)22(15-24(30)31)19-6-4-3-5-7-19/h3-14,16,22H,15H2,1-2H3,(H,30,31)(H2,27,28,29,32). The minimum atomic E-state index is -1.03. The summed E-state index contributed by atoms with van der Waals surface area (Å²) in [6.07, 6.45) is -0.297. The molecule has 0 saturated heterocycles. The second-order valence-corrected chi connectivity index (χ2v) is 8.16. The van der Waals surface area contributed by atoms with Crippen LogP contribution in [-0.2, 0) is 9.59 Å². The van der Waals surface area contributed by atoms with Gasteiger partial charge in [-0.05, 0) is 40.3 Å². The number of aromatic amines is 1. The second kappa shape index (κ2) is 9.06. The van der Waals surface area contributed by atoms with Crippen LogP contribution in [-0.4, -0.2) is 27.2 Å². The van der Waals surface area contributed by atoms with Crippen LogP contribution in [0.4, 0.5) is 5.82 Å². The van der Waals surface area contributed by atoms with Crippen LogP contribution < -0.4 is 5.32 Å². The number of fused-ring (bicyclic) bond motifs is 1. The molecule has 0 aliphatic rings. The van der Waals surface area contributed by atoms with Crippen LogP contribution in [0.1, 0.15) is 43.2 Å². The summed E-state index contributed by atoms with van der Waals surface area (Å²) in [5, 5.41) is 20.1. The topological polar surface area (TPSA) is 95.1 Å². The number of rotatable bonds is 7. The van der Waals surface area contributed by atoms with E-state index in [0.717, 1.165) is 22.0 Å². The van der Waals surface area contributed by atoms with E-state index in [1.165, 1.54) is 5.56 Å². The van der Waals surface area contributed by atoms with Gasteiger partial charge in [-0.1, -0.05) is 74.5 Å². The van der Waals surface area contributed by atoms with Crippen LogP contribution in [0.3, 0.4) is 0 Å². The summed E-state index contributed by atoms with van der Waals surface area (Å²) in [4.78, 5) is 24.3. The third-order valence-corrected chi connectivity index (χ3v) is 5.61. The lowest BCUT2D eigenvalue weighted by molar-refractivity contribution is -0.139. The molecule has 0 aliphatic heterocycles. The maximum absolute atomic E-state index is 12.9. The van der Waals surface area contributed by atoms with Gasteiger partial charge >= 0.3 is 5.97 Å². The molecular formula is C26H25N3O3. The third kappa shape index (κ3) is 4.54. The van der Waals surface area contributed by atoms with E-state index in [-0.39, 0.29) is 6.42 Å². The Balaban J connectivity index is 1.58. The number of H-pyrrole nitrogens is 1. The molecule has 3 aromatic carbocycles. The van der Waals surface area contributed by atoms with Crippen LogP contribution >= 0.6 is 0 Å². The van der Waals surface area contributed by atoms with Crippen molar-refractivity contribution in [2.75, 3.05) is 5.32 Å². The van der Waals surface area contributed by atoms with E-state index in [0.29, 0.717) is 17.3 Å². The molecule has 3 N–H and O–H groups in total. The quantitative estimate of drug-likeness (QED) is 0.360. The number of hydrogen-bond acceptors (Lipinski definition) is 3. The summed E-state index contributed by atoms with van der Waals surface area (Å²) in [5.74, 6) is -1.38. The fraction of sp³-hybridized carbons (Fsp3) is 0.192. The number of carbonyl (C=O) groups is 2. The van der Waals surface area contributed by atoms with Crippen molar-refractivity contribution >= 4 is 28.6 Å². The summed E-state index contributed by atoms with van der Waals surface area (Å²) in [7, 11) is 0. The van der Waals surface area contributed by atoms with Crippen molar-refractivity contribution in [1.82, 2.24) is 10.2 Å². The van der Waals surface area contributed by atoms with Crippen molar-refractivity contribution < 1.29 is 14.7 Å². The zero-order valence-corrected chi connectivity index (χ0v) is 18.0. The molecule has 1 unspecified atom stereocenters. The Hall–Kier alpha value is -3.93. The first-order valence-electron chi connectivity index (χ1n) is 10.6. The lowest BCUT2D eigenvalue weighted by Gasteiger charge is -2.14. The van der Waals surface area contributed by atoms with Gasteiger partial charge in [0.05, 0.1) is 17.9 Å². The van der Waals surface area contributed by atoms with Crippen molar-refractivity contribution in [2.24, 2.45) is 0 Å². The first kappa shape index (κ1) is 21.3. The van der Waals surface area contributed by atoms with Gasteiger partial charge in [-0.25, -0.2) is 0 Å². The minimum Gasteiger partial charge on any atom is -0.481 e. The maximum Gasteiger partial charge on any atom is 0.304 e. The molecule has 1 amide bonds. The fourth-order valence-corrected chi connectivity index (χ4v) is 3.78. The van der Waals surface area contributed by atoms with Crippen molar-refractivity contribution in [3.63, 3.8) is 0 Å². The summed E-state index contributed by atoms with van der Waals surface area (Å²) in [5.41, 5.74) is 4.87. The van der Waals surface area contributed by atoms with E-state index in [9.17, 15) is 14.7 Å². The number of hydrogen-bond donors (Lipinski definition) is 3. The smallest absolute Gasteiger partial charge is 0.304 e. The van der Waals surface area contributed by atoms with E-state index in [1.54, 1.807) is 24.3 Å². The van der Waals surface area contributed by atoms with E-state index in [1.807, 2.05) is 24.3 Å². The van der Waals surface area contributed by atoms with Gasteiger partial charge < -0.3 is 10.4 Å². The molecule has 0 spiro atoms. The number of aliphatic carboxylic acids is 1. The number of carbonyl (C=O) groups excluding carboxylic acids is 1. The van der Waals surface area contributed by atoms with E-state index in [4.69, 9.17) is 0 Å². The summed E-state index contributed by atoms with van der Waals surface area (Å²) in [6, 6.07) is 23.3. The predicted molar refractivity (Wildman–Crippen MR) is 126 cm³/mol. The molecule has 0 fully saturated rings. The van der Waals surface area contributed by atoms with Crippen LogP contribution in [0, 0.1) is 0 Å². The van der Waals surface area contributed by atoms with Gasteiger partial charge in [-0.15, -0.1) is 0 Å². The summed E-state index contributed by atoms with van der Waals surface area (Å²) >= 11 is 0. The number of carboxylic acids is 1. The average Bonchev–Trinajstić information content (AvgIpc) is 3.19. The lowest BCUT2D eigenvalue weighted by Crippen LogP contribution is -2.23. The highest BCUT2D eigenvalue weighted by Gasteiger charge is 2.25. The fourth-order valence-electron chi connectivity index (χ4n) is 3.78. The highest BCUT2D eigenvalue weighted by Crippen LogP contribution is 2.29. The Morgan fingerprint density at radius 3 is 2.28 bits per heavy atom. The van der Waals surface area contributed by atoms with Crippen molar-refractivity contribution in [2.45, 2.75) is 32.1 Å². The maximum atomic E-state index is 12.9. The lowest BCUT2D eigenvalue weighted by atomic mass is 9.95. The van der Waals surface area contributed by atoms with Gasteiger partial charge in [-0.3, -0.25) is 14.7 Å². The van der Waals surface area contributed by atoms with Gasteiger partial charge in [0.1, 0.15) is 0 Å². The normalized spacial score (nSPS) is 12.1. The molecule has 0 aliphatic carbocycles. The molecule has 0 bridgehead atoms. The molecule has 32 heavy (non-hydrogen) atoms. The van der Waals surface area contributed by atoms with Gasteiger partial charge in [0, 0.05) is 5.39 Å². The molecule has 4 aromatic rings. The molecule has 1 heterocycles. The Morgan fingerprint density at radius 1 is 0.938 bits per heavy atom. The van der Waals surface area contributed by atoms with Crippen LogP contribution in [0.25, 0.3) is 22.0 Å². The van der Waals surface area contributed by atoms with Crippen molar-refractivity contribution in [3.8, 4) is 11.1 Å². The van der Waals surface area contributed by atoms with Crippen LogP contribution in [0.2, 0.25) is 0 Å². The minimum absolute atomic E-state index is 0.297. The zero-order valence-electron chi connectivity index (χ0n) is 18.0. The highest BCUT2D eigenvalue weighted by molar-refractivity contribution is 6.03. The van der Waals surface area contributed by atoms with Crippen molar-refractivity contribution in [3.05, 3.63) is 83.9 Å². The Bertz CT molecular complexity index is 1240. The van der Waals surface area contributed by atoms with E-state index < -0.39 is 17.8 Å². The first-order chi connectivity index (χ1) is 15.4. The number of benzene rings is 3. The van der Waals surface area contributed by atoms with E-state index in [2.05, 4.69) is 53.6 Å². The molecule has 6 heteroatoms. The monoisotopic (exact) mass is 427 g/mol. The van der Waals surface area contributed by atoms with Crippen LogP contribution in [0.15, 0.2) is 72.8 Å². The Kier molecular flexibility index (Phi) is 6.03. The molecule has 162 valence electrons. The van der Waals surface area contributed by atoms with Gasteiger partial charge in [-0.2, -0.15) is 5.10 Å². The molecule has 4 rings (SSSR count). The van der Waals surface area contributed by atoms with Gasteiger partial charge in [0.15, 0.2) is 5.82 Å². The van der Waals surface area contributed by atoms with Gasteiger partial charge in [0.2, 0.25) is 5.91 Å². The largest absolute Gasteiger partial charge is 0.481 e. The molecule has 1 atom stereocenters. The van der Waals surface area contributed by atoms with Gasteiger partial charge in [0.25, 0.3) is 0 Å². The molecule has 0 radical (unpaired) electrons. The zero-order chi connectivity index (χ0) is 22.7. The number of carboxylic acid groups (broad SMARTS) is 1. The highest BCUT2D eigenvalue weighted by atomic mass is 16.4. The first-order valence-corrected chi connectivity index (χ1v) is 10.6. The Labute approximate surface area is 186 Å². The number of anilines is 1. The molecule has 0 saturated carbocycles. The third-order valence-electron chi connectivity index (χ3n) is 5.61. The second-order valence-electron chi connectivity index (χ2n) is 8.16. The summed E-state index contributed by atoms with van der Waals surface area (Å²) < 4.78 is 0. The van der Waals surface area contributed by atoms with E-state index >= 15 is 0 Å². The molecule has 1 aromatic heterocycles. The predicted octanol–water partition coefficient (Wildman–Crippen LogP) is 5.55. The molecular weight excluding hydrogens is 402 g/mol. The number of aromatic nitrogens is 2. The van der Waals surface area contributed by atoms with Crippen LogP contribution in [0.5, 0.6) is 0 Å². The SMILES string of the molecule is CC(C)c1ccc(-c2ccc3c(NC(=O)C(CC(=O)O)c4ccccc4)n[nH]c3c2)cc1.